The molecule has 0 atom stereocenters. The minimum atomic E-state index is 0.0356. The molecule has 0 aromatic heterocycles. The van der Waals surface area contributed by atoms with Crippen LogP contribution in [0.3, 0.4) is 0 Å². The highest BCUT2D eigenvalue weighted by molar-refractivity contribution is 5.27. The Hall–Kier alpha value is -2.15. The predicted octanol–water partition coefficient (Wildman–Crippen LogP) is 2.23. The maximum Gasteiger partial charge on any atom is 0.0991 e. The van der Waals surface area contributed by atoms with Gasteiger partial charge in [-0.05, 0) is 23.3 Å². The molecule has 0 aliphatic rings. The van der Waals surface area contributed by atoms with Crippen LogP contribution in [0.15, 0.2) is 54.6 Å². The second kappa shape index (κ2) is 8.02. The molecule has 0 spiro atoms. The number of rotatable bonds is 2. The summed E-state index contributed by atoms with van der Waals surface area (Å²) in [6.45, 7) is 0.0711. The number of nitriles is 1. The van der Waals surface area contributed by atoms with Crippen LogP contribution >= 0.6 is 0 Å². The summed E-state index contributed by atoms with van der Waals surface area (Å²) in [5.74, 6) is 0. The van der Waals surface area contributed by atoms with Gasteiger partial charge in [0.05, 0.1) is 24.8 Å². The van der Waals surface area contributed by atoms with Gasteiger partial charge in [0.1, 0.15) is 0 Å². The van der Waals surface area contributed by atoms with Gasteiger partial charge in [0.25, 0.3) is 0 Å². The van der Waals surface area contributed by atoms with Crippen LogP contribution in [0.25, 0.3) is 0 Å². The number of aliphatic hydroxyl groups is 2. The van der Waals surface area contributed by atoms with E-state index in [1.807, 2.05) is 42.5 Å². The molecule has 0 heterocycles. The Morgan fingerprint density at radius 1 is 0.833 bits per heavy atom. The van der Waals surface area contributed by atoms with Crippen molar-refractivity contribution in [1.82, 2.24) is 0 Å². The van der Waals surface area contributed by atoms with E-state index in [-0.39, 0.29) is 13.2 Å². The molecule has 0 amide bonds. The summed E-state index contributed by atoms with van der Waals surface area (Å²) >= 11 is 0. The van der Waals surface area contributed by atoms with Gasteiger partial charge in [-0.3, -0.25) is 0 Å². The number of aliphatic hydroxyl groups excluding tert-OH is 2. The summed E-state index contributed by atoms with van der Waals surface area (Å²) in [5.41, 5.74) is 2.39. The van der Waals surface area contributed by atoms with Gasteiger partial charge in [0.2, 0.25) is 0 Å². The standard InChI is InChI=1S/C8H10O2.C7H5N/c9-5-7-2-1-3-8(4-7)6-10;8-6-7-4-2-1-3-5-7/h1-4,9-10H,5-6H2;1-5H. The largest absolute Gasteiger partial charge is 0.392 e. The van der Waals surface area contributed by atoms with E-state index < -0.39 is 0 Å². The van der Waals surface area contributed by atoms with Gasteiger partial charge in [0.15, 0.2) is 0 Å². The summed E-state index contributed by atoms with van der Waals surface area (Å²) in [5, 5.41) is 25.6. The molecule has 2 aromatic carbocycles. The molecule has 0 aliphatic heterocycles. The average Bonchev–Trinajstić information content (AvgIpc) is 2.48. The van der Waals surface area contributed by atoms with Crippen LogP contribution in [-0.4, -0.2) is 10.2 Å². The fourth-order valence-electron chi connectivity index (χ4n) is 1.34. The normalized spacial score (nSPS) is 8.94. The summed E-state index contributed by atoms with van der Waals surface area (Å²) in [6, 6.07) is 18.4. The second-order valence-corrected chi connectivity index (χ2v) is 3.61. The minimum absolute atomic E-state index is 0.0356. The molecule has 3 nitrogen and oxygen atoms in total. The Bertz CT molecular complexity index is 484. The lowest BCUT2D eigenvalue weighted by atomic mass is 10.1. The fraction of sp³-hybridized carbons (Fsp3) is 0.133. The number of benzene rings is 2. The quantitative estimate of drug-likeness (QED) is 0.847. The van der Waals surface area contributed by atoms with Crippen molar-refractivity contribution in [3.05, 3.63) is 71.3 Å². The highest BCUT2D eigenvalue weighted by Crippen LogP contribution is 2.04. The van der Waals surface area contributed by atoms with E-state index in [2.05, 4.69) is 0 Å². The van der Waals surface area contributed by atoms with Crippen LogP contribution < -0.4 is 0 Å². The molecule has 3 heteroatoms. The third-order valence-electron chi connectivity index (χ3n) is 2.26. The predicted molar refractivity (Wildman–Crippen MR) is 69.4 cm³/mol. The first-order valence-electron chi connectivity index (χ1n) is 5.55. The van der Waals surface area contributed by atoms with Crippen molar-refractivity contribution in [2.45, 2.75) is 13.2 Å². The summed E-state index contributed by atoms with van der Waals surface area (Å²) in [6.07, 6.45) is 0. The lowest BCUT2D eigenvalue weighted by Crippen LogP contribution is -1.86. The molecule has 0 saturated heterocycles. The van der Waals surface area contributed by atoms with Crippen molar-refractivity contribution in [2.24, 2.45) is 0 Å². The molecular formula is C15H15NO2. The van der Waals surface area contributed by atoms with E-state index in [4.69, 9.17) is 15.5 Å². The highest BCUT2D eigenvalue weighted by Gasteiger charge is 1.91. The highest BCUT2D eigenvalue weighted by atomic mass is 16.3. The topological polar surface area (TPSA) is 64.2 Å². The minimum Gasteiger partial charge on any atom is -0.392 e. The van der Waals surface area contributed by atoms with Crippen molar-refractivity contribution in [3.63, 3.8) is 0 Å². The van der Waals surface area contributed by atoms with Crippen molar-refractivity contribution < 1.29 is 10.2 Å². The Morgan fingerprint density at radius 3 is 1.78 bits per heavy atom. The second-order valence-electron chi connectivity index (χ2n) is 3.61. The molecule has 0 unspecified atom stereocenters. The Balaban J connectivity index is 0.000000184. The Morgan fingerprint density at radius 2 is 1.39 bits per heavy atom. The van der Waals surface area contributed by atoms with E-state index in [1.165, 1.54) is 0 Å². The molecule has 92 valence electrons. The van der Waals surface area contributed by atoms with E-state index in [0.717, 1.165) is 11.1 Å². The zero-order valence-corrected chi connectivity index (χ0v) is 9.95. The molecule has 0 radical (unpaired) electrons. The zero-order chi connectivity index (χ0) is 13.2. The molecule has 2 aromatic rings. The van der Waals surface area contributed by atoms with Crippen molar-refractivity contribution in [3.8, 4) is 6.07 Å². The monoisotopic (exact) mass is 241 g/mol. The molecular weight excluding hydrogens is 226 g/mol. The van der Waals surface area contributed by atoms with Crippen molar-refractivity contribution >= 4 is 0 Å². The van der Waals surface area contributed by atoms with Gasteiger partial charge in [-0.2, -0.15) is 5.26 Å². The fourth-order valence-corrected chi connectivity index (χ4v) is 1.34. The third-order valence-corrected chi connectivity index (χ3v) is 2.26. The summed E-state index contributed by atoms with van der Waals surface area (Å²) in [4.78, 5) is 0. The van der Waals surface area contributed by atoms with Crippen LogP contribution in [0.5, 0.6) is 0 Å². The van der Waals surface area contributed by atoms with Gasteiger partial charge >= 0.3 is 0 Å². The molecule has 18 heavy (non-hydrogen) atoms. The van der Waals surface area contributed by atoms with Crippen LogP contribution in [0.1, 0.15) is 16.7 Å². The maximum absolute atomic E-state index is 8.68. The first-order chi connectivity index (χ1) is 8.80. The van der Waals surface area contributed by atoms with Crippen LogP contribution in [0, 0.1) is 11.3 Å². The average molecular weight is 241 g/mol. The van der Waals surface area contributed by atoms with Crippen molar-refractivity contribution in [1.29, 1.82) is 5.26 Å². The lowest BCUT2D eigenvalue weighted by molar-refractivity contribution is 0.275. The maximum atomic E-state index is 8.68. The van der Waals surface area contributed by atoms with Crippen LogP contribution in [0.2, 0.25) is 0 Å². The zero-order valence-electron chi connectivity index (χ0n) is 9.95. The van der Waals surface area contributed by atoms with Gasteiger partial charge in [-0.1, -0.05) is 42.5 Å². The van der Waals surface area contributed by atoms with Crippen LogP contribution in [0.4, 0.5) is 0 Å². The summed E-state index contributed by atoms with van der Waals surface area (Å²) < 4.78 is 0. The van der Waals surface area contributed by atoms with E-state index in [0.29, 0.717) is 5.56 Å². The van der Waals surface area contributed by atoms with Gasteiger partial charge in [0, 0.05) is 0 Å². The third kappa shape index (κ3) is 4.79. The van der Waals surface area contributed by atoms with E-state index in [1.54, 1.807) is 18.2 Å². The lowest BCUT2D eigenvalue weighted by Gasteiger charge is -1.97. The van der Waals surface area contributed by atoms with E-state index >= 15 is 0 Å². The Labute approximate surface area is 107 Å². The first-order valence-corrected chi connectivity index (χ1v) is 5.55. The van der Waals surface area contributed by atoms with Gasteiger partial charge in [-0.15, -0.1) is 0 Å². The molecule has 0 saturated carbocycles. The molecule has 0 fully saturated rings. The number of hydrogen-bond donors (Lipinski definition) is 2. The molecule has 0 aliphatic carbocycles. The van der Waals surface area contributed by atoms with Gasteiger partial charge in [-0.25, -0.2) is 0 Å². The molecule has 2 N–H and O–H groups in total. The smallest absolute Gasteiger partial charge is 0.0991 e. The number of hydrogen-bond acceptors (Lipinski definition) is 3. The van der Waals surface area contributed by atoms with E-state index in [9.17, 15) is 0 Å². The van der Waals surface area contributed by atoms with Crippen molar-refractivity contribution in [2.75, 3.05) is 0 Å². The Kier molecular flexibility index (Phi) is 6.20. The molecule has 2 rings (SSSR count). The summed E-state index contributed by atoms with van der Waals surface area (Å²) in [7, 11) is 0. The SMILES string of the molecule is N#Cc1ccccc1.OCc1cccc(CO)c1. The first kappa shape index (κ1) is 13.9. The molecule has 0 bridgehead atoms. The number of nitrogens with zero attached hydrogens (tertiary/aromatic N) is 1. The van der Waals surface area contributed by atoms with Crippen LogP contribution in [-0.2, 0) is 13.2 Å². The van der Waals surface area contributed by atoms with Gasteiger partial charge < -0.3 is 10.2 Å².